The number of piperazine rings is 1. The fraction of sp³-hybridized carbons (Fsp3) is 0.529. The molecule has 2 aliphatic rings. The highest BCUT2D eigenvalue weighted by molar-refractivity contribution is 6.09. The molecule has 0 bridgehead atoms. The van der Waals surface area contributed by atoms with Crippen molar-refractivity contribution in [2.24, 2.45) is 27.3 Å². The molecule has 8 heteroatoms. The maximum absolute atomic E-state index is 6.26. The van der Waals surface area contributed by atoms with Crippen LogP contribution in [0.25, 0.3) is 0 Å². The monoisotopic (exact) mass is 346 g/mol. The van der Waals surface area contributed by atoms with Gasteiger partial charge in [0.05, 0.1) is 11.4 Å². The van der Waals surface area contributed by atoms with Gasteiger partial charge in [-0.3, -0.25) is 5.01 Å². The van der Waals surface area contributed by atoms with E-state index in [1.807, 2.05) is 0 Å². The van der Waals surface area contributed by atoms with Gasteiger partial charge in [0.2, 0.25) is 0 Å². The average molecular weight is 346 g/mol. The van der Waals surface area contributed by atoms with Gasteiger partial charge >= 0.3 is 0 Å². The SMILES string of the molecule is C=C(N)/N=C(\C=C(/N)N1CCN(C)CC1)C(=C)/N=C1/CCCCN1N. The molecular weight excluding hydrogens is 316 g/mol. The van der Waals surface area contributed by atoms with Gasteiger partial charge in [0, 0.05) is 45.2 Å². The molecule has 0 aromatic rings. The van der Waals surface area contributed by atoms with Gasteiger partial charge in [0.25, 0.3) is 0 Å². The van der Waals surface area contributed by atoms with Crippen molar-refractivity contribution in [2.45, 2.75) is 19.3 Å². The number of aliphatic imine (C=N–C) groups is 2. The Balaban J connectivity index is 2.18. The Morgan fingerprint density at radius 1 is 1.08 bits per heavy atom. The second-order valence-corrected chi connectivity index (χ2v) is 6.47. The zero-order valence-corrected chi connectivity index (χ0v) is 15.1. The fourth-order valence-electron chi connectivity index (χ4n) is 2.80. The summed E-state index contributed by atoms with van der Waals surface area (Å²) in [6.45, 7) is 12.1. The second kappa shape index (κ2) is 8.68. The van der Waals surface area contributed by atoms with E-state index in [0.717, 1.165) is 57.8 Å². The summed E-state index contributed by atoms with van der Waals surface area (Å²) in [5.41, 5.74) is 12.9. The van der Waals surface area contributed by atoms with E-state index in [1.165, 1.54) is 0 Å². The van der Waals surface area contributed by atoms with Crippen LogP contribution in [0.4, 0.5) is 0 Å². The number of likely N-dealkylation sites (N-methyl/N-ethyl adjacent to an activating group) is 1. The van der Waals surface area contributed by atoms with Gasteiger partial charge in [-0.15, -0.1) is 0 Å². The molecule has 6 N–H and O–H groups in total. The normalized spacial score (nSPS) is 22.4. The maximum atomic E-state index is 6.26. The van der Waals surface area contributed by atoms with E-state index in [1.54, 1.807) is 11.1 Å². The van der Waals surface area contributed by atoms with Gasteiger partial charge in [0.1, 0.15) is 17.5 Å². The molecule has 8 nitrogen and oxygen atoms in total. The van der Waals surface area contributed by atoms with Gasteiger partial charge in [-0.25, -0.2) is 15.8 Å². The summed E-state index contributed by atoms with van der Waals surface area (Å²) in [5, 5.41) is 1.66. The molecule has 2 saturated heterocycles. The lowest BCUT2D eigenvalue weighted by molar-refractivity contribution is 0.185. The smallest absolute Gasteiger partial charge is 0.119 e. The zero-order chi connectivity index (χ0) is 18.4. The van der Waals surface area contributed by atoms with E-state index < -0.39 is 0 Å². The van der Waals surface area contributed by atoms with Crippen LogP contribution < -0.4 is 17.3 Å². The van der Waals surface area contributed by atoms with Crippen molar-refractivity contribution in [1.29, 1.82) is 0 Å². The van der Waals surface area contributed by atoms with Crippen LogP contribution in [0.5, 0.6) is 0 Å². The molecule has 0 aliphatic carbocycles. The van der Waals surface area contributed by atoms with Crippen LogP contribution in [-0.4, -0.2) is 66.1 Å². The predicted molar refractivity (Wildman–Crippen MR) is 103 cm³/mol. The molecule has 2 rings (SSSR count). The summed E-state index contributed by atoms with van der Waals surface area (Å²) in [6.07, 6.45) is 4.72. The summed E-state index contributed by atoms with van der Waals surface area (Å²) in [7, 11) is 2.10. The molecule has 0 saturated carbocycles. The third-order valence-electron chi connectivity index (χ3n) is 4.36. The van der Waals surface area contributed by atoms with Crippen molar-refractivity contribution in [3.63, 3.8) is 0 Å². The first-order valence-electron chi connectivity index (χ1n) is 8.59. The quantitative estimate of drug-likeness (QED) is 0.483. The van der Waals surface area contributed by atoms with Crippen LogP contribution >= 0.6 is 0 Å². The minimum atomic E-state index is 0.187. The number of hydrogen-bond acceptors (Lipinski definition) is 7. The van der Waals surface area contributed by atoms with Crippen molar-refractivity contribution >= 4 is 11.5 Å². The van der Waals surface area contributed by atoms with E-state index in [2.05, 4.69) is 40.0 Å². The van der Waals surface area contributed by atoms with Crippen LogP contribution in [0.2, 0.25) is 0 Å². The average Bonchev–Trinajstić information content (AvgIpc) is 2.56. The first-order chi connectivity index (χ1) is 11.9. The Morgan fingerprint density at radius 3 is 2.36 bits per heavy atom. The molecule has 0 aromatic heterocycles. The van der Waals surface area contributed by atoms with Crippen molar-refractivity contribution in [2.75, 3.05) is 39.8 Å². The van der Waals surface area contributed by atoms with Gasteiger partial charge in [-0.1, -0.05) is 13.2 Å². The molecule has 2 aliphatic heterocycles. The highest BCUT2D eigenvalue weighted by atomic mass is 15.4. The standard InChI is InChI=1S/C17H30N8/c1-13(21-17-6-4-5-7-25(17)20)15(22-14(2)18)12-16(19)24-10-8-23(3)9-11-24/h12H,1-2,4-11,18-20H2,3H3/b16-12+,21-17-,22-15+. The Morgan fingerprint density at radius 2 is 1.76 bits per heavy atom. The lowest BCUT2D eigenvalue weighted by atomic mass is 10.1. The maximum Gasteiger partial charge on any atom is 0.119 e. The minimum Gasteiger partial charge on any atom is -0.385 e. The zero-order valence-electron chi connectivity index (χ0n) is 15.1. The predicted octanol–water partition coefficient (Wildman–Crippen LogP) is 0.177. The van der Waals surface area contributed by atoms with Gasteiger partial charge < -0.3 is 21.3 Å². The summed E-state index contributed by atoms with van der Waals surface area (Å²) in [4.78, 5) is 13.2. The number of piperidine rings is 1. The Hall–Kier alpha value is -2.32. The van der Waals surface area contributed by atoms with Crippen molar-refractivity contribution < 1.29 is 0 Å². The first kappa shape index (κ1) is 19.0. The van der Waals surface area contributed by atoms with Crippen LogP contribution in [0.3, 0.4) is 0 Å². The van der Waals surface area contributed by atoms with E-state index in [0.29, 0.717) is 17.2 Å². The number of amidine groups is 1. The highest BCUT2D eigenvalue weighted by Crippen LogP contribution is 2.13. The topological polar surface area (TPSA) is 112 Å². The lowest BCUT2D eigenvalue weighted by Crippen LogP contribution is -2.45. The third-order valence-corrected chi connectivity index (χ3v) is 4.36. The van der Waals surface area contributed by atoms with Gasteiger partial charge in [0.15, 0.2) is 0 Å². The molecule has 2 heterocycles. The van der Waals surface area contributed by atoms with Gasteiger partial charge in [-0.05, 0) is 19.9 Å². The van der Waals surface area contributed by atoms with E-state index in [4.69, 9.17) is 17.3 Å². The second-order valence-electron chi connectivity index (χ2n) is 6.47. The fourth-order valence-corrected chi connectivity index (χ4v) is 2.80. The minimum absolute atomic E-state index is 0.187. The number of hydrogen-bond donors (Lipinski definition) is 3. The van der Waals surface area contributed by atoms with Crippen molar-refractivity contribution in [1.82, 2.24) is 14.8 Å². The molecule has 0 unspecified atom stereocenters. The Kier molecular flexibility index (Phi) is 6.60. The van der Waals surface area contributed by atoms with E-state index in [9.17, 15) is 0 Å². The summed E-state index contributed by atoms with van der Waals surface area (Å²) < 4.78 is 0. The molecule has 0 aromatic carbocycles. The Bertz CT molecular complexity index is 596. The van der Waals surface area contributed by atoms with Crippen LogP contribution in [-0.2, 0) is 0 Å². The molecular formula is C17H30N8. The summed E-state index contributed by atoms with van der Waals surface area (Å²) in [5.74, 6) is 7.60. The number of rotatable bonds is 5. The van der Waals surface area contributed by atoms with Crippen LogP contribution in [0.1, 0.15) is 19.3 Å². The molecule has 0 radical (unpaired) electrons. The molecule has 138 valence electrons. The number of nitrogens with two attached hydrogens (primary N) is 3. The molecule has 0 amide bonds. The Labute approximate surface area is 150 Å². The lowest BCUT2D eigenvalue weighted by Gasteiger charge is -2.34. The molecule has 2 fully saturated rings. The third kappa shape index (κ3) is 5.61. The van der Waals surface area contributed by atoms with E-state index >= 15 is 0 Å². The van der Waals surface area contributed by atoms with Crippen LogP contribution in [0, 0.1) is 0 Å². The highest BCUT2D eigenvalue weighted by Gasteiger charge is 2.17. The first-order valence-corrected chi connectivity index (χ1v) is 8.59. The van der Waals surface area contributed by atoms with Crippen molar-refractivity contribution in [3.8, 4) is 0 Å². The van der Waals surface area contributed by atoms with Gasteiger partial charge in [-0.2, -0.15) is 0 Å². The number of nitrogens with zero attached hydrogens (tertiary/aromatic N) is 5. The number of hydrazine groups is 1. The molecule has 0 atom stereocenters. The summed E-state index contributed by atoms with van der Waals surface area (Å²) in [6, 6.07) is 0. The molecule has 25 heavy (non-hydrogen) atoms. The van der Waals surface area contributed by atoms with E-state index in [-0.39, 0.29) is 5.82 Å². The summed E-state index contributed by atoms with van der Waals surface area (Å²) >= 11 is 0. The largest absolute Gasteiger partial charge is 0.385 e. The van der Waals surface area contributed by atoms with Crippen molar-refractivity contribution in [3.05, 3.63) is 36.6 Å². The number of allylic oxidation sites excluding steroid dienone is 1. The van der Waals surface area contributed by atoms with Crippen LogP contribution in [0.15, 0.2) is 46.6 Å². The molecule has 0 spiro atoms.